The van der Waals surface area contributed by atoms with Gasteiger partial charge >= 0.3 is 0 Å². The van der Waals surface area contributed by atoms with Crippen molar-refractivity contribution in [3.05, 3.63) is 39.4 Å². The topological polar surface area (TPSA) is 75.4 Å². The average Bonchev–Trinajstić information content (AvgIpc) is 2.41. The molecule has 20 heavy (non-hydrogen) atoms. The molecule has 5 nitrogen and oxygen atoms in total. The summed E-state index contributed by atoms with van der Waals surface area (Å²) in [7, 11) is 0. The van der Waals surface area contributed by atoms with E-state index in [9.17, 15) is 15.2 Å². The van der Waals surface area contributed by atoms with Crippen LogP contribution in [0, 0.1) is 23.0 Å². The SMILES string of the molecule is CCC(CC)C(O)CNCc1cccc([N+](=O)[O-])c1C. The van der Waals surface area contributed by atoms with Gasteiger partial charge in [0.25, 0.3) is 5.69 Å². The fourth-order valence-electron chi connectivity index (χ4n) is 2.41. The number of hydrogen-bond acceptors (Lipinski definition) is 4. The molecule has 0 aliphatic carbocycles. The number of benzene rings is 1. The minimum absolute atomic E-state index is 0.143. The zero-order valence-corrected chi connectivity index (χ0v) is 12.4. The van der Waals surface area contributed by atoms with Gasteiger partial charge in [-0.25, -0.2) is 0 Å². The predicted octanol–water partition coefficient (Wildman–Crippen LogP) is 2.79. The Bertz CT molecular complexity index is 445. The monoisotopic (exact) mass is 280 g/mol. The maximum atomic E-state index is 10.9. The molecule has 0 heterocycles. The summed E-state index contributed by atoms with van der Waals surface area (Å²) < 4.78 is 0. The molecule has 0 fully saturated rings. The number of rotatable bonds is 8. The summed E-state index contributed by atoms with van der Waals surface area (Å²) in [6, 6.07) is 5.08. The lowest BCUT2D eigenvalue weighted by atomic mass is 9.96. The second kappa shape index (κ2) is 7.97. The van der Waals surface area contributed by atoms with Crippen molar-refractivity contribution in [2.75, 3.05) is 6.54 Å². The maximum absolute atomic E-state index is 10.9. The number of aliphatic hydroxyl groups excluding tert-OH is 1. The third-order valence-electron chi connectivity index (χ3n) is 3.88. The van der Waals surface area contributed by atoms with Crippen molar-refractivity contribution in [1.29, 1.82) is 0 Å². The highest BCUT2D eigenvalue weighted by molar-refractivity contribution is 5.44. The van der Waals surface area contributed by atoms with Crippen LogP contribution in [0.2, 0.25) is 0 Å². The van der Waals surface area contributed by atoms with Crippen molar-refractivity contribution >= 4 is 5.69 Å². The summed E-state index contributed by atoms with van der Waals surface area (Å²) >= 11 is 0. The van der Waals surface area contributed by atoms with E-state index in [1.54, 1.807) is 13.0 Å². The van der Waals surface area contributed by atoms with Gasteiger partial charge in [0.1, 0.15) is 0 Å². The van der Waals surface area contributed by atoms with Crippen LogP contribution in [0.1, 0.15) is 37.8 Å². The van der Waals surface area contributed by atoms with Gasteiger partial charge in [-0.05, 0) is 18.4 Å². The molecule has 2 N–H and O–H groups in total. The Morgan fingerprint density at radius 3 is 2.55 bits per heavy atom. The van der Waals surface area contributed by atoms with E-state index in [1.807, 2.05) is 6.07 Å². The van der Waals surface area contributed by atoms with E-state index in [2.05, 4.69) is 19.2 Å². The first-order valence-corrected chi connectivity index (χ1v) is 7.12. The molecule has 112 valence electrons. The van der Waals surface area contributed by atoms with Crippen LogP contribution in [0.3, 0.4) is 0 Å². The van der Waals surface area contributed by atoms with Crippen LogP contribution in [0.15, 0.2) is 18.2 Å². The van der Waals surface area contributed by atoms with Crippen molar-refractivity contribution in [2.24, 2.45) is 5.92 Å². The van der Waals surface area contributed by atoms with Gasteiger partial charge in [0.05, 0.1) is 11.0 Å². The Labute approximate surface area is 120 Å². The molecule has 1 atom stereocenters. The molecular weight excluding hydrogens is 256 g/mol. The molecule has 0 amide bonds. The highest BCUT2D eigenvalue weighted by Crippen LogP contribution is 2.21. The average molecular weight is 280 g/mol. The molecule has 5 heteroatoms. The molecular formula is C15H24N2O3. The van der Waals surface area contributed by atoms with Crippen LogP contribution < -0.4 is 5.32 Å². The lowest BCUT2D eigenvalue weighted by molar-refractivity contribution is -0.385. The zero-order valence-electron chi connectivity index (χ0n) is 12.4. The molecule has 1 unspecified atom stereocenters. The second-order valence-corrected chi connectivity index (χ2v) is 5.09. The van der Waals surface area contributed by atoms with Gasteiger partial charge in [-0.1, -0.05) is 38.8 Å². The molecule has 0 saturated heterocycles. The fraction of sp³-hybridized carbons (Fsp3) is 0.600. The van der Waals surface area contributed by atoms with Gasteiger partial charge in [0, 0.05) is 24.7 Å². The van der Waals surface area contributed by atoms with Gasteiger partial charge in [-0.2, -0.15) is 0 Å². The predicted molar refractivity (Wildman–Crippen MR) is 79.6 cm³/mol. The molecule has 0 radical (unpaired) electrons. The quantitative estimate of drug-likeness (QED) is 0.567. The minimum Gasteiger partial charge on any atom is -0.392 e. The lowest BCUT2D eigenvalue weighted by Gasteiger charge is -2.20. The van der Waals surface area contributed by atoms with Gasteiger partial charge in [0.2, 0.25) is 0 Å². The number of nitrogens with one attached hydrogen (secondary N) is 1. The van der Waals surface area contributed by atoms with Crippen LogP contribution in [0.25, 0.3) is 0 Å². The van der Waals surface area contributed by atoms with Crippen molar-refractivity contribution in [3.8, 4) is 0 Å². The number of aliphatic hydroxyl groups is 1. The summed E-state index contributed by atoms with van der Waals surface area (Å²) in [5, 5.41) is 24.1. The largest absolute Gasteiger partial charge is 0.392 e. The van der Waals surface area contributed by atoms with Gasteiger partial charge in [0.15, 0.2) is 0 Å². The molecule has 0 saturated carbocycles. The van der Waals surface area contributed by atoms with Crippen molar-refractivity contribution in [3.63, 3.8) is 0 Å². The Kier molecular flexibility index (Phi) is 6.61. The van der Waals surface area contributed by atoms with Gasteiger partial charge < -0.3 is 10.4 Å². The van der Waals surface area contributed by atoms with Gasteiger partial charge in [-0.15, -0.1) is 0 Å². The highest BCUT2D eigenvalue weighted by atomic mass is 16.6. The standard InChI is InChI=1S/C15H24N2O3/c1-4-12(5-2)15(18)10-16-9-13-7-6-8-14(11(13)3)17(19)20/h6-8,12,15-16,18H,4-5,9-10H2,1-3H3. The summed E-state index contributed by atoms with van der Waals surface area (Å²) in [5.41, 5.74) is 1.72. The maximum Gasteiger partial charge on any atom is 0.272 e. The van der Waals surface area contributed by atoms with E-state index >= 15 is 0 Å². The molecule has 1 rings (SSSR count). The van der Waals surface area contributed by atoms with Crippen molar-refractivity contribution in [2.45, 2.75) is 46.3 Å². The van der Waals surface area contributed by atoms with Crippen LogP contribution in [-0.4, -0.2) is 22.7 Å². The third kappa shape index (κ3) is 4.28. The lowest BCUT2D eigenvalue weighted by Crippen LogP contribution is -2.32. The number of nitro groups is 1. The van der Waals surface area contributed by atoms with E-state index < -0.39 is 0 Å². The Morgan fingerprint density at radius 1 is 1.35 bits per heavy atom. The van der Waals surface area contributed by atoms with Crippen LogP contribution in [0.5, 0.6) is 0 Å². The van der Waals surface area contributed by atoms with E-state index in [-0.39, 0.29) is 16.7 Å². The minimum atomic E-state index is -0.371. The number of nitro benzene ring substituents is 1. The zero-order chi connectivity index (χ0) is 15.1. The van der Waals surface area contributed by atoms with Gasteiger partial charge in [-0.3, -0.25) is 10.1 Å². The molecule has 0 bridgehead atoms. The van der Waals surface area contributed by atoms with Crippen molar-refractivity contribution < 1.29 is 10.0 Å². The summed E-state index contributed by atoms with van der Waals surface area (Å²) in [6.45, 7) is 6.94. The fourth-order valence-corrected chi connectivity index (χ4v) is 2.41. The Balaban J connectivity index is 2.58. The Hall–Kier alpha value is -1.46. The summed E-state index contributed by atoms with van der Waals surface area (Å²) in [4.78, 5) is 10.5. The first kappa shape index (κ1) is 16.6. The smallest absolute Gasteiger partial charge is 0.272 e. The first-order chi connectivity index (χ1) is 9.51. The van der Waals surface area contributed by atoms with Crippen LogP contribution >= 0.6 is 0 Å². The third-order valence-corrected chi connectivity index (χ3v) is 3.88. The molecule has 1 aromatic carbocycles. The normalized spacial score (nSPS) is 12.7. The van der Waals surface area contributed by atoms with Crippen LogP contribution in [-0.2, 0) is 6.54 Å². The molecule has 0 aromatic heterocycles. The van der Waals surface area contributed by atoms with E-state index in [1.165, 1.54) is 6.07 Å². The summed E-state index contributed by atoms with van der Waals surface area (Å²) in [6.07, 6.45) is 1.54. The number of hydrogen-bond donors (Lipinski definition) is 2. The van der Waals surface area contributed by atoms with Crippen LogP contribution in [0.4, 0.5) is 5.69 Å². The molecule has 0 spiro atoms. The highest BCUT2D eigenvalue weighted by Gasteiger charge is 2.16. The molecule has 0 aliphatic rings. The number of nitrogens with zero attached hydrogens (tertiary/aromatic N) is 1. The second-order valence-electron chi connectivity index (χ2n) is 5.09. The van der Waals surface area contributed by atoms with E-state index in [0.29, 0.717) is 24.6 Å². The molecule has 0 aliphatic heterocycles. The first-order valence-electron chi connectivity index (χ1n) is 7.12. The summed E-state index contributed by atoms with van der Waals surface area (Å²) in [5.74, 6) is 0.300. The Morgan fingerprint density at radius 2 is 2.00 bits per heavy atom. The van der Waals surface area contributed by atoms with E-state index in [4.69, 9.17) is 0 Å². The van der Waals surface area contributed by atoms with Crippen molar-refractivity contribution in [1.82, 2.24) is 5.32 Å². The molecule has 1 aromatic rings. The van der Waals surface area contributed by atoms with E-state index in [0.717, 1.165) is 18.4 Å².